The van der Waals surface area contributed by atoms with E-state index in [0.717, 1.165) is 37.0 Å². The van der Waals surface area contributed by atoms with Gasteiger partial charge in [0.1, 0.15) is 12.4 Å². The first kappa shape index (κ1) is 19.0. The van der Waals surface area contributed by atoms with E-state index in [-0.39, 0.29) is 18.6 Å². The summed E-state index contributed by atoms with van der Waals surface area (Å²) in [6.07, 6.45) is 5.53. The van der Waals surface area contributed by atoms with Gasteiger partial charge in [-0.25, -0.2) is 4.79 Å². The topological polar surface area (TPSA) is 64.6 Å². The Morgan fingerprint density at radius 3 is 2.33 bits per heavy atom. The van der Waals surface area contributed by atoms with E-state index in [1.165, 1.54) is 6.42 Å². The average Bonchev–Trinajstić information content (AvgIpc) is 2.72. The van der Waals surface area contributed by atoms with Crippen molar-refractivity contribution in [2.45, 2.75) is 44.8 Å². The highest BCUT2D eigenvalue weighted by Crippen LogP contribution is 2.17. The first-order chi connectivity index (χ1) is 13.2. The summed E-state index contributed by atoms with van der Waals surface area (Å²) < 4.78 is 10.8. The fraction of sp³-hybridized carbons (Fsp3) is 0.364. The van der Waals surface area contributed by atoms with Crippen LogP contribution in [0.3, 0.4) is 0 Å². The van der Waals surface area contributed by atoms with E-state index >= 15 is 0 Å². The molecule has 1 aliphatic rings. The molecular formula is C22H25NO4. The zero-order valence-corrected chi connectivity index (χ0v) is 15.4. The molecular weight excluding hydrogens is 342 g/mol. The van der Waals surface area contributed by atoms with Gasteiger partial charge in [-0.3, -0.25) is 4.79 Å². The number of esters is 1. The molecule has 1 fully saturated rings. The average molecular weight is 367 g/mol. The van der Waals surface area contributed by atoms with E-state index in [1.54, 1.807) is 12.1 Å². The minimum Gasteiger partial charge on any atom is -0.489 e. The van der Waals surface area contributed by atoms with E-state index in [1.807, 2.05) is 42.5 Å². The number of ether oxygens (including phenoxy) is 2. The molecule has 0 radical (unpaired) electrons. The largest absolute Gasteiger partial charge is 0.489 e. The Hall–Kier alpha value is -2.82. The summed E-state index contributed by atoms with van der Waals surface area (Å²) in [4.78, 5) is 24.0. The van der Waals surface area contributed by atoms with Crippen molar-refractivity contribution in [3.63, 3.8) is 0 Å². The summed E-state index contributed by atoms with van der Waals surface area (Å²) in [5, 5.41) is 2.93. The first-order valence-corrected chi connectivity index (χ1v) is 9.44. The lowest BCUT2D eigenvalue weighted by atomic mass is 9.95. The van der Waals surface area contributed by atoms with Crippen LogP contribution < -0.4 is 10.1 Å². The van der Waals surface area contributed by atoms with Crippen LogP contribution in [-0.2, 0) is 16.1 Å². The Balaban J connectivity index is 1.42. The predicted molar refractivity (Wildman–Crippen MR) is 103 cm³/mol. The standard InChI is InChI=1S/C22H25NO4/c24-21(23-19-7-3-1-4-8-19)16-27-22(25)18-13-11-17(12-14-18)15-26-20-9-5-2-6-10-20/h2,5-6,9-14,19H,1,3-4,7-8,15-16H2,(H,23,24). The highest BCUT2D eigenvalue weighted by atomic mass is 16.5. The summed E-state index contributed by atoms with van der Waals surface area (Å²) in [5.74, 6) is 0.0671. The number of amides is 1. The third-order valence-electron chi connectivity index (χ3n) is 4.64. The quantitative estimate of drug-likeness (QED) is 0.755. The fourth-order valence-corrected chi connectivity index (χ4v) is 3.15. The third-order valence-corrected chi connectivity index (χ3v) is 4.64. The van der Waals surface area contributed by atoms with Gasteiger partial charge in [-0.15, -0.1) is 0 Å². The van der Waals surface area contributed by atoms with Crippen LogP contribution in [0.25, 0.3) is 0 Å². The summed E-state index contributed by atoms with van der Waals surface area (Å²) in [7, 11) is 0. The molecule has 0 bridgehead atoms. The Morgan fingerprint density at radius 2 is 1.63 bits per heavy atom. The van der Waals surface area contributed by atoms with Gasteiger partial charge in [0.05, 0.1) is 5.56 Å². The lowest BCUT2D eigenvalue weighted by molar-refractivity contribution is -0.125. The summed E-state index contributed by atoms with van der Waals surface area (Å²) >= 11 is 0. The van der Waals surface area contributed by atoms with Gasteiger partial charge < -0.3 is 14.8 Å². The lowest BCUT2D eigenvalue weighted by Gasteiger charge is -2.22. The van der Waals surface area contributed by atoms with Gasteiger partial charge in [0.2, 0.25) is 0 Å². The van der Waals surface area contributed by atoms with Crippen molar-refractivity contribution >= 4 is 11.9 Å². The second kappa shape index (κ2) is 9.76. The molecule has 0 aliphatic heterocycles. The Morgan fingerprint density at radius 1 is 0.926 bits per heavy atom. The highest BCUT2D eigenvalue weighted by molar-refractivity contribution is 5.91. The Kier molecular flexibility index (Phi) is 6.85. The van der Waals surface area contributed by atoms with Crippen LogP contribution in [-0.4, -0.2) is 24.5 Å². The molecule has 1 N–H and O–H groups in total. The molecule has 0 unspecified atom stereocenters. The Bertz CT molecular complexity index is 737. The van der Waals surface area contributed by atoms with Gasteiger partial charge in [0, 0.05) is 6.04 Å². The van der Waals surface area contributed by atoms with Crippen LogP contribution in [0.2, 0.25) is 0 Å². The van der Waals surface area contributed by atoms with Crippen molar-refractivity contribution in [3.05, 3.63) is 65.7 Å². The van der Waals surface area contributed by atoms with Crippen LogP contribution >= 0.6 is 0 Å². The number of rotatable bonds is 7. The molecule has 1 aliphatic carbocycles. The molecule has 142 valence electrons. The Labute approximate surface area is 159 Å². The van der Waals surface area contributed by atoms with Crippen molar-refractivity contribution in [1.29, 1.82) is 0 Å². The molecule has 0 heterocycles. The maximum Gasteiger partial charge on any atom is 0.338 e. The van der Waals surface area contributed by atoms with Crippen molar-refractivity contribution in [2.24, 2.45) is 0 Å². The lowest BCUT2D eigenvalue weighted by Crippen LogP contribution is -2.38. The van der Waals surface area contributed by atoms with E-state index in [0.29, 0.717) is 12.2 Å². The monoisotopic (exact) mass is 367 g/mol. The first-order valence-electron chi connectivity index (χ1n) is 9.44. The number of hydrogen-bond donors (Lipinski definition) is 1. The summed E-state index contributed by atoms with van der Waals surface area (Å²) in [5.41, 5.74) is 1.37. The fourth-order valence-electron chi connectivity index (χ4n) is 3.15. The molecule has 5 heteroatoms. The van der Waals surface area contributed by atoms with Gasteiger partial charge in [-0.2, -0.15) is 0 Å². The normalized spacial score (nSPS) is 14.4. The van der Waals surface area contributed by atoms with Crippen molar-refractivity contribution in [3.8, 4) is 5.75 Å². The number of nitrogens with one attached hydrogen (secondary N) is 1. The minimum atomic E-state index is -0.496. The maximum absolute atomic E-state index is 12.1. The van der Waals surface area contributed by atoms with E-state index in [2.05, 4.69) is 5.32 Å². The summed E-state index contributed by atoms with van der Waals surface area (Å²) in [6, 6.07) is 16.8. The second-order valence-corrected chi connectivity index (χ2v) is 6.78. The van der Waals surface area contributed by atoms with E-state index in [4.69, 9.17) is 9.47 Å². The smallest absolute Gasteiger partial charge is 0.338 e. The van der Waals surface area contributed by atoms with E-state index in [9.17, 15) is 9.59 Å². The third kappa shape index (κ3) is 6.13. The molecule has 2 aromatic rings. The molecule has 1 amide bonds. The van der Waals surface area contributed by atoms with Crippen molar-refractivity contribution in [1.82, 2.24) is 5.32 Å². The molecule has 2 aromatic carbocycles. The summed E-state index contributed by atoms with van der Waals surface area (Å²) in [6.45, 7) is 0.178. The van der Waals surface area contributed by atoms with Gasteiger partial charge in [-0.05, 0) is 42.7 Å². The van der Waals surface area contributed by atoms with Crippen LogP contribution in [0.15, 0.2) is 54.6 Å². The molecule has 27 heavy (non-hydrogen) atoms. The second-order valence-electron chi connectivity index (χ2n) is 6.78. The van der Waals surface area contributed by atoms with Gasteiger partial charge >= 0.3 is 5.97 Å². The van der Waals surface area contributed by atoms with Gasteiger partial charge in [0.25, 0.3) is 5.91 Å². The number of hydrogen-bond acceptors (Lipinski definition) is 4. The molecule has 0 aromatic heterocycles. The molecule has 5 nitrogen and oxygen atoms in total. The van der Waals surface area contributed by atoms with Crippen LogP contribution in [0.1, 0.15) is 48.0 Å². The van der Waals surface area contributed by atoms with E-state index < -0.39 is 5.97 Å². The minimum absolute atomic E-state index is 0.217. The molecule has 0 saturated heterocycles. The van der Waals surface area contributed by atoms with Crippen molar-refractivity contribution < 1.29 is 19.1 Å². The zero-order valence-electron chi connectivity index (χ0n) is 15.4. The zero-order chi connectivity index (χ0) is 18.9. The maximum atomic E-state index is 12.1. The predicted octanol–water partition coefficient (Wildman–Crippen LogP) is 3.87. The van der Waals surface area contributed by atoms with Crippen LogP contribution in [0.5, 0.6) is 5.75 Å². The van der Waals surface area contributed by atoms with Crippen LogP contribution in [0, 0.1) is 0 Å². The van der Waals surface area contributed by atoms with Crippen molar-refractivity contribution in [2.75, 3.05) is 6.61 Å². The molecule has 0 spiro atoms. The number of carbonyl (C=O) groups excluding carboxylic acids is 2. The van der Waals surface area contributed by atoms with Gasteiger partial charge in [-0.1, -0.05) is 49.6 Å². The number of para-hydroxylation sites is 1. The highest BCUT2D eigenvalue weighted by Gasteiger charge is 2.17. The number of carbonyl (C=O) groups is 2. The molecule has 3 rings (SSSR count). The van der Waals surface area contributed by atoms with Crippen LogP contribution in [0.4, 0.5) is 0 Å². The molecule has 1 saturated carbocycles. The SMILES string of the molecule is O=C(COC(=O)c1ccc(COc2ccccc2)cc1)NC1CCCCC1. The molecule has 0 atom stereocenters. The number of benzene rings is 2. The van der Waals surface area contributed by atoms with Gasteiger partial charge in [0.15, 0.2) is 6.61 Å².